The molecule has 0 spiro atoms. The number of aromatic nitrogens is 2. The van der Waals surface area contributed by atoms with E-state index in [0.29, 0.717) is 0 Å². The second-order valence-corrected chi connectivity index (χ2v) is 10.5. The van der Waals surface area contributed by atoms with Crippen LogP contribution in [0.3, 0.4) is 0 Å². The lowest BCUT2D eigenvalue weighted by Gasteiger charge is -2.17. The number of rotatable bonds is 4. The van der Waals surface area contributed by atoms with Crippen molar-refractivity contribution in [2.24, 2.45) is 0 Å². The molecule has 7 rings (SSSR count). The first-order valence-electron chi connectivity index (χ1n) is 14.3. The summed E-state index contributed by atoms with van der Waals surface area (Å²) in [5, 5.41) is 3.60. The molecule has 0 atom stereocenters. The van der Waals surface area contributed by atoms with E-state index >= 15 is 0 Å². The quantitative estimate of drug-likeness (QED) is 0.214. The van der Waals surface area contributed by atoms with Crippen molar-refractivity contribution in [3.63, 3.8) is 0 Å². The summed E-state index contributed by atoms with van der Waals surface area (Å²) < 4.78 is 0. The molecule has 0 amide bonds. The van der Waals surface area contributed by atoms with Crippen LogP contribution in [-0.2, 0) is 0 Å². The van der Waals surface area contributed by atoms with Gasteiger partial charge in [-0.15, -0.1) is 0 Å². The van der Waals surface area contributed by atoms with Crippen LogP contribution in [0.1, 0.15) is 24.8 Å². The second kappa shape index (κ2) is 11.2. The molecule has 41 heavy (non-hydrogen) atoms. The van der Waals surface area contributed by atoms with Crippen molar-refractivity contribution in [1.29, 1.82) is 0 Å². The van der Waals surface area contributed by atoms with E-state index in [-0.39, 0.29) is 0 Å². The molecule has 0 fully saturated rings. The van der Waals surface area contributed by atoms with Crippen LogP contribution in [0, 0.1) is 0 Å². The van der Waals surface area contributed by atoms with Crippen molar-refractivity contribution >= 4 is 27.2 Å². The fraction of sp³-hybridized carbons (Fsp3) is 0.0769. The van der Waals surface area contributed by atoms with E-state index in [4.69, 9.17) is 4.98 Å². The maximum atomic E-state index is 4.97. The normalized spacial score (nSPS) is 16.3. The van der Waals surface area contributed by atoms with Crippen molar-refractivity contribution in [2.75, 3.05) is 0 Å². The first-order valence-corrected chi connectivity index (χ1v) is 14.3. The number of pyridine rings is 2. The standard InChI is InChI=1S/C39H30N2/c1-2-4-6-12-28(11-5-3-1)29-17-23-32(24-18-29)38-35-15-8-7-14-34(35)37(36-16-10-26-41-39(36)38)31-21-19-30(20-22-31)33-13-9-25-40-27-33/h1,3,5,7-27H,2,4,6H2/b3-1+,11-5-,28-12+. The monoisotopic (exact) mass is 526 g/mol. The summed E-state index contributed by atoms with van der Waals surface area (Å²) in [6, 6.07) is 34.9. The van der Waals surface area contributed by atoms with Crippen molar-refractivity contribution in [3.05, 3.63) is 152 Å². The zero-order chi connectivity index (χ0) is 27.4. The Labute approximate surface area is 241 Å². The van der Waals surface area contributed by atoms with Gasteiger partial charge < -0.3 is 0 Å². The molecule has 0 unspecified atom stereocenters. The average Bonchev–Trinajstić information content (AvgIpc) is 3.19. The molecule has 4 aromatic carbocycles. The molecular weight excluding hydrogens is 496 g/mol. The van der Waals surface area contributed by atoms with Gasteiger partial charge in [0, 0.05) is 29.5 Å². The van der Waals surface area contributed by atoms with Crippen LogP contribution in [0.5, 0.6) is 0 Å². The highest BCUT2D eigenvalue weighted by Crippen LogP contribution is 2.43. The third-order valence-electron chi connectivity index (χ3n) is 7.92. The first kappa shape index (κ1) is 24.9. The predicted molar refractivity (Wildman–Crippen MR) is 173 cm³/mol. The van der Waals surface area contributed by atoms with Crippen molar-refractivity contribution in [1.82, 2.24) is 9.97 Å². The molecule has 0 aliphatic heterocycles. The SMILES string of the molecule is C1=C\C(c2ccc(-c3c4ccccc4c(-c4ccc(-c5cccnc5)cc4)c4cccnc34)cc2)=C/CCC/C=C/1. The Morgan fingerprint density at radius 1 is 0.512 bits per heavy atom. The van der Waals surface area contributed by atoms with Gasteiger partial charge in [-0.25, -0.2) is 0 Å². The minimum absolute atomic E-state index is 1.02. The molecule has 1 aliphatic carbocycles. The summed E-state index contributed by atoms with van der Waals surface area (Å²) in [6.07, 6.45) is 20.2. The molecule has 0 N–H and O–H groups in total. The summed E-state index contributed by atoms with van der Waals surface area (Å²) in [7, 11) is 0. The molecule has 0 saturated heterocycles. The minimum Gasteiger partial charge on any atom is -0.264 e. The highest BCUT2D eigenvalue weighted by molar-refractivity contribution is 6.20. The molecule has 2 aromatic heterocycles. The molecule has 2 nitrogen and oxygen atoms in total. The van der Waals surface area contributed by atoms with Crippen LogP contribution in [0.15, 0.2) is 146 Å². The summed E-state index contributed by atoms with van der Waals surface area (Å²) in [5.74, 6) is 0. The molecule has 1 aliphatic rings. The molecule has 0 saturated carbocycles. The maximum absolute atomic E-state index is 4.97. The fourth-order valence-corrected chi connectivity index (χ4v) is 5.90. The van der Waals surface area contributed by atoms with Gasteiger partial charge in [-0.2, -0.15) is 0 Å². The van der Waals surface area contributed by atoms with Crippen LogP contribution in [0.2, 0.25) is 0 Å². The van der Waals surface area contributed by atoms with Crippen LogP contribution in [0.4, 0.5) is 0 Å². The number of fused-ring (bicyclic) bond motifs is 2. The van der Waals surface area contributed by atoms with Crippen LogP contribution < -0.4 is 0 Å². The summed E-state index contributed by atoms with van der Waals surface area (Å²) >= 11 is 0. The zero-order valence-corrected chi connectivity index (χ0v) is 22.9. The zero-order valence-electron chi connectivity index (χ0n) is 22.9. The highest BCUT2D eigenvalue weighted by Gasteiger charge is 2.17. The number of hydrogen-bond acceptors (Lipinski definition) is 2. The van der Waals surface area contributed by atoms with Gasteiger partial charge in [0.15, 0.2) is 0 Å². The molecule has 0 bridgehead atoms. The van der Waals surface area contributed by atoms with Crippen LogP contribution in [0.25, 0.3) is 60.6 Å². The Hall–Kier alpha value is -5.08. The van der Waals surface area contributed by atoms with Gasteiger partial charge >= 0.3 is 0 Å². The van der Waals surface area contributed by atoms with E-state index in [1.165, 1.54) is 50.6 Å². The van der Waals surface area contributed by atoms with E-state index in [9.17, 15) is 0 Å². The number of nitrogens with zero attached hydrogens (tertiary/aromatic N) is 2. The van der Waals surface area contributed by atoms with Gasteiger partial charge in [0.1, 0.15) is 0 Å². The first-order chi connectivity index (χ1) is 20.4. The van der Waals surface area contributed by atoms with Crippen molar-refractivity contribution < 1.29 is 0 Å². The molecular formula is C39H30N2. The third kappa shape index (κ3) is 4.90. The van der Waals surface area contributed by atoms with Crippen LogP contribution >= 0.6 is 0 Å². The average molecular weight is 527 g/mol. The smallest absolute Gasteiger partial charge is 0.0792 e. The van der Waals surface area contributed by atoms with Gasteiger partial charge in [-0.1, -0.05) is 115 Å². The van der Waals surface area contributed by atoms with E-state index in [0.717, 1.165) is 34.9 Å². The Morgan fingerprint density at radius 2 is 1.20 bits per heavy atom. The predicted octanol–water partition coefficient (Wildman–Crippen LogP) is 10.5. The lowest BCUT2D eigenvalue weighted by Crippen LogP contribution is -1.93. The summed E-state index contributed by atoms with van der Waals surface area (Å²) in [4.78, 5) is 9.25. The number of benzene rings is 4. The third-order valence-corrected chi connectivity index (χ3v) is 7.92. The minimum atomic E-state index is 1.02. The van der Waals surface area contributed by atoms with Gasteiger partial charge in [-0.05, 0) is 81.1 Å². The van der Waals surface area contributed by atoms with E-state index < -0.39 is 0 Å². The molecule has 2 heterocycles. The van der Waals surface area contributed by atoms with E-state index in [1.807, 2.05) is 30.7 Å². The lowest BCUT2D eigenvalue weighted by molar-refractivity contribution is 0.870. The molecule has 6 aromatic rings. The second-order valence-electron chi connectivity index (χ2n) is 10.5. The fourth-order valence-electron chi connectivity index (χ4n) is 5.90. The largest absolute Gasteiger partial charge is 0.264 e. The van der Waals surface area contributed by atoms with Gasteiger partial charge in [0.25, 0.3) is 0 Å². The van der Waals surface area contributed by atoms with Gasteiger partial charge in [0.05, 0.1) is 5.52 Å². The Balaban J connectivity index is 1.37. The topological polar surface area (TPSA) is 25.8 Å². The Morgan fingerprint density at radius 3 is 1.98 bits per heavy atom. The van der Waals surface area contributed by atoms with E-state index in [2.05, 4.69) is 120 Å². The molecule has 2 heteroatoms. The van der Waals surface area contributed by atoms with E-state index in [1.54, 1.807) is 0 Å². The maximum Gasteiger partial charge on any atom is 0.0792 e. The van der Waals surface area contributed by atoms with Gasteiger partial charge in [-0.3, -0.25) is 9.97 Å². The number of allylic oxidation sites excluding steroid dienone is 6. The Kier molecular flexibility index (Phi) is 6.80. The number of hydrogen-bond donors (Lipinski definition) is 0. The highest BCUT2D eigenvalue weighted by atomic mass is 14.7. The Bertz CT molecular complexity index is 1870. The van der Waals surface area contributed by atoms with Crippen LogP contribution in [-0.4, -0.2) is 9.97 Å². The van der Waals surface area contributed by atoms with Gasteiger partial charge in [0.2, 0.25) is 0 Å². The lowest BCUT2D eigenvalue weighted by atomic mass is 9.87. The van der Waals surface area contributed by atoms with Crippen molar-refractivity contribution in [2.45, 2.75) is 19.3 Å². The summed E-state index contributed by atoms with van der Waals surface area (Å²) in [6.45, 7) is 0. The summed E-state index contributed by atoms with van der Waals surface area (Å²) in [5.41, 5.74) is 10.6. The molecule has 0 radical (unpaired) electrons. The van der Waals surface area contributed by atoms with Crippen molar-refractivity contribution in [3.8, 4) is 33.4 Å². The molecule has 196 valence electrons.